The zero-order valence-electron chi connectivity index (χ0n) is 12.1. The van der Waals surface area contributed by atoms with E-state index in [-0.39, 0.29) is 0 Å². The van der Waals surface area contributed by atoms with Crippen molar-refractivity contribution >= 4 is 18.0 Å². The number of rotatable bonds is 10. The third-order valence-corrected chi connectivity index (χ3v) is 2.82. The van der Waals surface area contributed by atoms with Crippen LogP contribution in [0.3, 0.4) is 0 Å². The second kappa shape index (κ2) is 10.1. The van der Waals surface area contributed by atoms with Crippen LogP contribution >= 0.6 is 0 Å². The van der Waals surface area contributed by atoms with Gasteiger partial charge in [0.05, 0.1) is 6.42 Å². The van der Waals surface area contributed by atoms with Crippen molar-refractivity contribution in [2.75, 3.05) is 13.1 Å². The summed E-state index contributed by atoms with van der Waals surface area (Å²) in [6.07, 6.45) is 2.87. The fraction of sp³-hybridized carbons (Fsp3) is 0.769. The minimum absolute atomic E-state index is 0.513. The monoisotopic (exact) mass is 288 g/mol. The Morgan fingerprint density at radius 3 is 1.90 bits per heavy atom. The molecule has 0 aliphatic rings. The maximum absolute atomic E-state index is 12.0. The van der Waals surface area contributed by atoms with Gasteiger partial charge < -0.3 is 20.4 Å². The number of carboxylic acids is 2. The van der Waals surface area contributed by atoms with Crippen molar-refractivity contribution in [3.63, 3.8) is 0 Å². The molecule has 0 heterocycles. The molecule has 1 atom stereocenters. The van der Waals surface area contributed by atoms with E-state index in [2.05, 4.69) is 5.32 Å². The van der Waals surface area contributed by atoms with Crippen molar-refractivity contribution < 1.29 is 24.6 Å². The van der Waals surface area contributed by atoms with E-state index in [1.165, 1.54) is 0 Å². The van der Waals surface area contributed by atoms with E-state index >= 15 is 0 Å². The average molecular weight is 288 g/mol. The van der Waals surface area contributed by atoms with E-state index < -0.39 is 30.4 Å². The molecule has 0 saturated heterocycles. The summed E-state index contributed by atoms with van der Waals surface area (Å²) in [6, 6.07) is -1.91. The van der Waals surface area contributed by atoms with Crippen LogP contribution < -0.4 is 5.32 Å². The van der Waals surface area contributed by atoms with E-state index in [4.69, 9.17) is 10.2 Å². The fourth-order valence-electron chi connectivity index (χ4n) is 1.63. The number of nitrogens with zero attached hydrogens (tertiary/aromatic N) is 1. The molecule has 7 nitrogen and oxygen atoms in total. The minimum Gasteiger partial charge on any atom is -0.481 e. The maximum Gasteiger partial charge on any atom is 0.326 e. The summed E-state index contributed by atoms with van der Waals surface area (Å²) in [5, 5.41) is 19.8. The molecule has 116 valence electrons. The lowest BCUT2D eigenvalue weighted by Gasteiger charge is -2.24. The van der Waals surface area contributed by atoms with Crippen LogP contribution in [0.4, 0.5) is 4.79 Å². The second-order valence-corrected chi connectivity index (χ2v) is 4.63. The van der Waals surface area contributed by atoms with Crippen molar-refractivity contribution in [3.8, 4) is 0 Å². The highest BCUT2D eigenvalue weighted by Gasteiger charge is 2.25. The van der Waals surface area contributed by atoms with Crippen LogP contribution in [0.2, 0.25) is 0 Å². The number of unbranched alkanes of at least 4 members (excludes halogenated alkanes) is 2. The number of carbonyl (C=O) groups is 3. The Bertz CT molecular complexity index is 325. The van der Waals surface area contributed by atoms with Crippen LogP contribution in [0.1, 0.15) is 46.0 Å². The molecule has 0 fully saturated rings. The topological polar surface area (TPSA) is 107 Å². The molecule has 0 aromatic carbocycles. The van der Waals surface area contributed by atoms with Gasteiger partial charge in [-0.15, -0.1) is 0 Å². The third kappa shape index (κ3) is 7.60. The Hall–Kier alpha value is -1.79. The molecule has 2 amide bonds. The van der Waals surface area contributed by atoms with Gasteiger partial charge in [-0.2, -0.15) is 0 Å². The number of carbonyl (C=O) groups excluding carboxylic acids is 1. The molecule has 0 bridgehead atoms. The molecule has 0 aromatic rings. The summed E-state index contributed by atoms with van der Waals surface area (Å²) in [5.74, 6) is -2.60. The number of aliphatic carboxylic acids is 2. The molecule has 7 heteroatoms. The highest BCUT2D eigenvalue weighted by Crippen LogP contribution is 2.02. The summed E-state index contributed by atoms with van der Waals surface area (Å²) in [4.78, 5) is 35.1. The van der Waals surface area contributed by atoms with Crippen LogP contribution in [0.5, 0.6) is 0 Å². The van der Waals surface area contributed by atoms with Crippen LogP contribution in [-0.2, 0) is 9.59 Å². The maximum atomic E-state index is 12.0. The van der Waals surface area contributed by atoms with Crippen LogP contribution in [-0.4, -0.2) is 52.2 Å². The Balaban J connectivity index is 4.59. The van der Waals surface area contributed by atoms with Crippen molar-refractivity contribution in [1.82, 2.24) is 10.2 Å². The van der Waals surface area contributed by atoms with Gasteiger partial charge in [0.15, 0.2) is 0 Å². The van der Waals surface area contributed by atoms with Gasteiger partial charge in [0.1, 0.15) is 6.04 Å². The molecule has 0 radical (unpaired) electrons. The van der Waals surface area contributed by atoms with Crippen molar-refractivity contribution in [2.24, 2.45) is 0 Å². The predicted octanol–water partition coefficient (Wildman–Crippen LogP) is 1.53. The predicted molar refractivity (Wildman–Crippen MR) is 73.6 cm³/mol. The highest BCUT2D eigenvalue weighted by atomic mass is 16.4. The first-order chi connectivity index (χ1) is 9.42. The Labute approximate surface area is 119 Å². The zero-order chi connectivity index (χ0) is 15.5. The standard InChI is InChI=1S/C13H24N2O5/c1-3-5-7-15(8-6-4-2)13(20)14-10(12(18)19)9-11(16)17/h10H,3-9H2,1-2H3,(H,14,20)(H,16,17)(H,18,19). The molecule has 0 aliphatic carbocycles. The lowest BCUT2D eigenvalue weighted by molar-refractivity contribution is -0.145. The van der Waals surface area contributed by atoms with E-state index in [1.54, 1.807) is 4.90 Å². The Kier molecular flexibility index (Phi) is 9.15. The number of hydrogen-bond acceptors (Lipinski definition) is 3. The van der Waals surface area contributed by atoms with Gasteiger partial charge in [0.2, 0.25) is 0 Å². The zero-order valence-corrected chi connectivity index (χ0v) is 12.1. The fourth-order valence-corrected chi connectivity index (χ4v) is 1.63. The number of urea groups is 1. The minimum atomic E-state index is -1.40. The van der Waals surface area contributed by atoms with Crippen molar-refractivity contribution in [2.45, 2.75) is 52.0 Å². The van der Waals surface area contributed by atoms with Gasteiger partial charge in [-0.05, 0) is 12.8 Å². The van der Waals surface area contributed by atoms with Gasteiger partial charge >= 0.3 is 18.0 Å². The summed E-state index contributed by atoms with van der Waals surface area (Å²) < 4.78 is 0. The molecule has 0 aliphatic heterocycles. The van der Waals surface area contributed by atoms with Gasteiger partial charge in [-0.3, -0.25) is 4.79 Å². The molecule has 0 saturated carbocycles. The normalized spacial score (nSPS) is 11.7. The Morgan fingerprint density at radius 1 is 1.05 bits per heavy atom. The quantitative estimate of drug-likeness (QED) is 0.565. The molecule has 0 spiro atoms. The molecule has 20 heavy (non-hydrogen) atoms. The summed E-state index contributed by atoms with van der Waals surface area (Å²) in [5.41, 5.74) is 0. The molecule has 3 N–H and O–H groups in total. The van der Waals surface area contributed by atoms with Gasteiger partial charge in [0.25, 0.3) is 0 Å². The highest BCUT2D eigenvalue weighted by molar-refractivity contribution is 5.86. The first-order valence-electron chi connectivity index (χ1n) is 6.92. The first-order valence-corrected chi connectivity index (χ1v) is 6.92. The number of carboxylic acid groups (broad SMARTS) is 2. The molecular weight excluding hydrogens is 264 g/mol. The smallest absolute Gasteiger partial charge is 0.326 e. The van der Waals surface area contributed by atoms with Crippen LogP contribution in [0.15, 0.2) is 0 Å². The lowest BCUT2D eigenvalue weighted by atomic mass is 10.2. The third-order valence-electron chi connectivity index (χ3n) is 2.82. The SMILES string of the molecule is CCCCN(CCCC)C(=O)NC(CC(=O)O)C(=O)O. The van der Waals surface area contributed by atoms with Crippen molar-refractivity contribution in [3.05, 3.63) is 0 Å². The largest absolute Gasteiger partial charge is 0.481 e. The second-order valence-electron chi connectivity index (χ2n) is 4.63. The van der Waals surface area contributed by atoms with E-state index in [1.807, 2.05) is 13.8 Å². The lowest BCUT2D eigenvalue weighted by Crippen LogP contribution is -2.49. The molecule has 0 rings (SSSR count). The molecule has 1 unspecified atom stereocenters. The summed E-state index contributed by atoms with van der Waals surface area (Å²) in [6.45, 7) is 5.09. The van der Waals surface area contributed by atoms with Crippen LogP contribution in [0.25, 0.3) is 0 Å². The first kappa shape index (κ1) is 18.2. The summed E-state index contributed by atoms with van der Waals surface area (Å²) >= 11 is 0. The number of hydrogen-bond donors (Lipinski definition) is 3. The molecule has 0 aromatic heterocycles. The average Bonchev–Trinajstić information content (AvgIpc) is 2.37. The van der Waals surface area contributed by atoms with Gasteiger partial charge in [0, 0.05) is 13.1 Å². The van der Waals surface area contributed by atoms with Gasteiger partial charge in [-0.1, -0.05) is 26.7 Å². The number of amides is 2. The van der Waals surface area contributed by atoms with E-state index in [0.29, 0.717) is 13.1 Å². The Morgan fingerprint density at radius 2 is 1.55 bits per heavy atom. The van der Waals surface area contributed by atoms with E-state index in [9.17, 15) is 14.4 Å². The van der Waals surface area contributed by atoms with Crippen molar-refractivity contribution in [1.29, 1.82) is 0 Å². The van der Waals surface area contributed by atoms with E-state index in [0.717, 1.165) is 25.7 Å². The summed E-state index contributed by atoms with van der Waals surface area (Å²) in [7, 11) is 0. The van der Waals surface area contributed by atoms with Crippen LogP contribution in [0, 0.1) is 0 Å². The van der Waals surface area contributed by atoms with Gasteiger partial charge in [-0.25, -0.2) is 9.59 Å². The number of nitrogens with one attached hydrogen (secondary N) is 1. The molecular formula is C13H24N2O5.